The van der Waals surface area contributed by atoms with Crippen molar-refractivity contribution in [3.63, 3.8) is 0 Å². The molecule has 0 aromatic heterocycles. The molecule has 342 valence electrons. The van der Waals surface area contributed by atoms with E-state index in [-0.39, 0.29) is 44.8 Å². The summed E-state index contributed by atoms with van der Waals surface area (Å²) in [5.41, 5.74) is 3.75. The summed E-state index contributed by atoms with van der Waals surface area (Å²) in [5, 5.41) is 10.9. The fourth-order valence-corrected chi connectivity index (χ4v) is 7.12. The minimum Gasteiger partial charge on any atom is -0.460 e. The van der Waals surface area contributed by atoms with Gasteiger partial charge in [0, 0.05) is 25.3 Å². The summed E-state index contributed by atoms with van der Waals surface area (Å²) in [6.07, 6.45) is 0.162. The van der Waals surface area contributed by atoms with Gasteiger partial charge in [-0.05, 0) is 128 Å². The standard InChI is InChI=1S/C49H66N4O10/c1-31-19-11-12-20-32(31)29-40(53-46(59)60-30-37-35-23-15-13-21-33(35)34-22-14-16-24-36(34)37)42(55)50-28-18-17-25-38(43(56)62-48(5,6)7)51-45(58)52-39(44(57)63-49(8,9)10)26-27-41(54)61-47(2,3)4/h11-16,19-24,37-40H,17-18,25-30H2,1-10H3,(H,50,55)(H,53,59)(H2,51,52,58)/t38-,39-,40-/m0/s1. The Balaban J connectivity index is 1.37. The smallest absolute Gasteiger partial charge is 0.407 e. The average Bonchev–Trinajstić information content (AvgIpc) is 3.49. The van der Waals surface area contributed by atoms with Crippen molar-refractivity contribution in [2.45, 2.75) is 149 Å². The van der Waals surface area contributed by atoms with Crippen molar-refractivity contribution < 1.29 is 47.7 Å². The fraction of sp³-hybridized carbons (Fsp3) is 0.510. The van der Waals surface area contributed by atoms with Gasteiger partial charge in [-0.25, -0.2) is 19.2 Å². The fourth-order valence-electron chi connectivity index (χ4n) is 7.12. The number of hydrogen-bond acceptors (Lipinski definition) is 10. The number of aryl methyl sites for hydroxylation is 1. The van der Waals surface area contributed by atoms with Crippen molar-refractivity contribution in [1.29, 1.82) is 0 Å². The molecule has 3 aromatic rings. The van der Waals surface area contributed by atoms with Crippen LogP contribution in [-0.4, -0.2) is 84.0 Å². The average molecular weight is 871 g/mol. The first kappa shape index (κ1) is 49.7. The number of urea groups is 1. The maximum absolute atomic E-state index is 13.7. The predicted octanol–water partition coefficient (Wildman–Crippen LogP) is 7.57. The van der Waals surface area contributed by atoms with Gasteiger partial charge >= 0.3 is 30.0 Å². The molecule has 0 saturated carbocycles. The SMILES string of the molecule is Cc1ccccc1C[C@H](NC(=O)OCC1c2ccccc2-c2ccccc21)C(=O)NCCCC[C@H](NC(=O)N[C@@H](CCC(=O)OC(C)(C)C)C(=O)OC(C)(C)C)C(=O)OC(C)(C)C. The molecule has 0 radical (unpaired) electrons. The van der Waals surface area contributed by atoms with Crippen LogP contribution in [0.1, 0.15) is 123 Å². The zero-order valence-corrected chi connectivity index (χ0v) is 38.5. The van der Waals surface area contributed by atoms with Gasteiger partial charge in [0.2, 0.25) is 5.91 Å². The quantitative estimate of drug-likeness (QED) is 0.0564. The third-order valence-electron chi connectivity index (χ3n) is 9.91. The molecule has 0 heterocycles. The van der Waals surface area contributed by atoms with E-state index >= 15 is 0 Å². The molecule has 14 heteroatoms. The van der Waals surface area contributed by atoms with E-state index in [1.807, 2.05) is 67.6 Å². The van der Waals surface area contributed by atoms with Crippen molar-refractivity contribution in [2.75, 3.05) is 13.2 Å². The van der Waals surface area contributed by atoms with E-state index < -0.39 is 70.9 Å². The van der Waals surface area contributed by atoms with Crippen LogP contribution >= 0.6 is 0 Å². The van der Waals surface area contributed by atoms with Gasteiger partial charge in [-0.1, -0.05) is 72.8 Å². The van der Waals surface area contributed by atoms with Gasteiger partial charge < -0.3 is 40.2 Å². The summed E-state index contributed by atoms with van der Waals surface area (Å²) in [7, 11) is 0. The molecule has 0 unspecified atom stereocenters. The van der Waals surface area contributed by atoms with Crippen LogP contribution < -0.4 is 21.3 Å². The molecule has 1 aliphatic carbocycles. The minimum atomic E-state index is -1.22. The molecule has 63 heavy (non-hydrogen) atoms. The predicted molar refractivity (Wildman–Crippen MR) is 240 cm³/mol. The van der Waals surface area contributed by atoms with Crippen LogP contribution in [0.25, 0.3) is 11.1 Å². The zero-order valence-electron chi connectivity index (χ0n) is 38.5. The normalized spacial score (nSPS) is 13.9. The lowest BCUT2D eigenvalue weighted by Crippen LogP contribution is -2.53. The molecule has 0 bridgehead atoms. The molecule has 3 aromatic carbocycles. The molecule has 1 aliphatic rings. The molecule has 0 fully saturated rings. The Kier molecular flexibility index (Phi) is 17.3. The highest BCUT2D eigenvalue weighted by atomic mass is 16.6. The Morgan fingerprint density at radius 1 is 0.603 bits per heavy atom. The van der Waals surface area contributed by atoms with Crippen molar-refractivity contribution in [1.82, 2.24) is 21.3 Å². The molecular formula is C49H66N4O10. The van der Waals surface area contributed by atoms with Gasteiger partial charge in [0.05, 0.1) is 0 Å². The van der Waals surface area contributed by atoms with E-state index in [2.05, 4.69) is 33.4 Å². The van der Waals surface area contributed by atoms with Gasteiger partial charge in [0.1, 0.15) is 41.5 Å². The highest BCUT2D eigenvalue weighted by Crippen LogP contribution is 2.44. The second-order valence-corrected chi connectivity index (χ2v) is 18.9. The van der Waals surface area contributed by atoms with Crippen molar-refractivity contribution in [2.24, 2.45) is 0 Å². The lowest BCUT2D eigenvalue weighted by Gasteiger charge is -2.27. The largest absolute Gasteiger partial charge is 0.460 e. The van der Waals surface area contributed by atoms with Gasteiger partial charge in [0.15, 0.2) is 0 Å². The Hall–Kier alpha value is -5.92. The molecule has 4 N–H and O–H groups in total. The Labute approximate surface area is 371 Å². The summed E-state index contributed by atoms with van der Waals surface area (Å²) >= 11 is 0. The second kappa shape index (κ2) is 21.9. The van der Waals surface area contributed by atoms with Crippen molar-refractivity contribution in [3.8, 4) is 11.1 Å². The lowest BCUT2D eigenvalue weighted by molar-refractivity contribution is -0.159. The maximum Gasteiger partial charge on any atom is 0.407 e. The number of esters is 3. The third kappa shape index (κ3) is 16.4. The van der Waals surface area contributed by atoms with Gasteiger partial charge in [-0.15, -0.1) is 0 Å². The number of alkyl carbamates (subject to hydrolysis) is 1. The van der Waals surface area contributed by atoms with Crippen LogP contribution in [-0.2, 0) is 44.5 Å². The number of amides is 4. The van der Waals surface area contributed by atoms with E-state index in [0.29, 0.717) is 12.8 Å². The lowest BCUT2D eigenvalue weighted by atomic mass is 9.98. The second-order valence-electron chi connectivity index (χ2n) is 18.9. The van der Waals surface area contributed by atoms with Crippen LogP contribution in [0, 0.1) is 6.92 Å². The number of hydrogen-bond donors (Lipinski definition) is 4. The summed E-state index contributed by atoms with van der Waals surface area (Å²) in [5.74, 6) is -2.54. The van der Waals surface area contributed by atoms with E-state index in [1.165, 1.54) is 0 Å². The summed E-state index contributed by atoms with van der Waals surface area (Å²) in [6, 6.07) is 19.6. The summed E-state index contributed by atoms with van der Waals surface area (Å²) < 4.78 is 22.3. The molecular weight excluding hydrogens is 805 g/mol. The Morgan fingerprint density at radius 3 is 1.65 bits per heavy atom. The zero-order chi connectivity index (χ0) is 46.5. The highest BCUT2D eigenvalue weighted by molar-refractivity contribution is 5.88. The number of unbranched alkanes of at least 4 members (excludes halogenated alkanes) is 1. The minimum absolute atomic E-state index is 0.0944. The van der Waals surface area contributed by atoms with Crippen LogP contribution in [0.3, 0.4) is 0 Å². The number of fused-ring (bicyclic) bond motifs is 3. The Morgan fingerprint density at radius 2 is 1.11 bits per heavy atom. The number of nitrogens with one attached hydrogen (secondary N) is 4. The van der Waals surface area contributed by atoms with Gasteiger partial charge in [-0.3, -0.25) is 9.59 Å². The number of carbonyl (C=O) groups is 6. The highest BCUT2D eigenvalue weighted by Gasteiger charge is 2.33. The third-order valence-corrected chi connectivity index (χ3v) is 9.91. The summed E-state index contributed by atoms with van der Waals surface area (Å²) in [6.45, 7) is 17.6. The molecule has 0 spiro atoms. The van der Waals surface area contributed by atoms with E-state index in [9.17, 15) is 28.8 Å². The first-order valence-electron chi connectivity index (χ1n) is 21.7. The first-order valence-corrected chi connectivity index (χ1v) is 21.7. The van der Waals surface area contributed by atoms with E-state index in [0.717, 1.165) is 33.4 Å². The monoisotopic (exact) mass is 870 g/mol. The number of rotatable bonds is 18. The number of carbonyl (C=O) groups excluding carboxylic acids is 6. The van der Waals surface area contributed by atoms with Gasteiger partial charge in [0.25, 0.3) is 0 Å². The molecule has 0 saturated heterocycles. The van der Waals surface area contributed by atoms with E-state index in [4.69, 9.17) is 18.9 Å². The van der Waals surface area contributed by atoms with Crippen LogP contribution in [0.4, 0.5) is 9.59 Å². The Bertz CT molecular complexity index is 2030. The maximum atomic E-state index is 13.7. The van der Waals surface area contributed by atoms with E-state index in [1.54, 1.807) is 62.3 Å². The number of ether oxygens (including phenoxy) is 4. The summed E-state index contributed by atoms with van der Waals surface area (Å²) in [4.78, 5) is 79.4. The number of benzene rings is 3. The molecule has 4 amide bonds. The molecule has 14 nitrogen and oxygen atoms in total. The van der Waals surface area contributed by atoms with Crippen LogP contribution in [0.5, 0.6) is 0 Å². The molecule has 3 atom stereocenters. The molecule has 0 aliphatic heterocycles. The topological polar surface area (TPSA) is 187 Å². The first-order chi connectivity index (χ1) is 29.5. The van der Waals surface area contributed by atoms with Crippen LogP contribution in [0.2, 0.25) is 0 Å². The van der Waals surface area contributed by atoms with Crippen molar-refractivity contribution in [3.05, 3.63) is 95.1 Å². The molecule has 4 rings (SSSR count). The van der Waals surface area contributed by atoms with Gasteiger partial charge in [-0.2, -0.15) is 0 Å². The van der Waals surface area contributed by atoms with Crippen molar-refractivity contribution >= 4 is 35.9 Å². The van der Waals surface area contributed by atoms with Crippen LogP contribution in [0.15, 0.2) is 72.8 Å².